The van der Waals surface area contributed by atoms with E-state index in [4.69, 9.17) is 14.2 Å². The van der Waals surface area contributed by atoms with Crippen LogP contribution in [0, 0.1) is 11.8 Å². The summed E-state index contributed by atoms with van der Waals surface area (Å²) in [6.45, 7) is 15.1. The van der Waals surface area contributed by atoms with Gasteiger partial charge in [-0.2, -0.15) is 0 Å². The fraction of sp³-hybridized carbons (Fsp3) is 0.788. The van der Waals surface area contributed by atoms with Crippen LogP contribution >= 0.6 is 0 Å². The van der Waals surface area contributed by atoms with Crippen LogP contribution in [0.2, 0.25) is 0 Å². The van der Waals surface area contributed by atoms with Crippen molar-refractivity contribution in [3.05, 3.63) is 25.3 Å². The summed E-state index contributed by atoms with van der Waals surface area (Å²) in [6.07, 6.45) is 10.9. The van der Waals surface area contributed by atoms with Gasteiger partial charge in [-0.05, 0) is 51.4 Å². The smallest absolute Gasteiger partial charge is 0.312 e. The zero-order valence-corrected chi connectivity index (χ0v) is 26.2. The highest BCUT2D eigenvalue weighted by Crippen LogP contribution is 2.64. The van der Waals surface area contributed by atoms with Crippen molar-refractivity contribution >= 4 is 17.8 Å². The number of morpholine rings is 1. The molecule has 0 aromatic rings. The van der Waals surface area contributed by atoms with Crippen LogP contribution < -0.4 is 0 Å². The van der Waals surface area contributed by atoms with Gasteiger partial charge < -0.3 is 29.1 Å². The highest BCUT2D eigenvalue weighted by molar-refractivity contribution is 5.98. The van der Waals surface area contributed by atoms with E-state index in [-0.39, 0.29) is 24.4 Å². The SMILES string of the molecule is C=CCCCCOC(=O)[C@@H]1[C@H]2C(=O)N(CCCCCCO)C(C(=O)N(CC=C)CCN3CCOCC3)C23CC[C@@]1(CC)O3. The third-order valence-corrected chi connectivity index (χ3v) is 9.97. The van der Waals surface area contributed by atoms with E-state index in [9.17, 15) is 19.5 Å². The molecule has 2 unspecified atom stereocenters. The van der Waals surface area contributed by atoms with Crippen molar-refractivity contribution in [3.8, 4) is 0 Å². The molecule has 4 heterocycles. The topological polar surface area (TPSA) is 109 Å². The van der Waals surface area contributed by atoms with Gasteiger partial charge in [0.05, 0.1) is 31.3 Å². The lowest BCUT2D eigenvalue weighted by atomic mass is 9.65. The summed E-state index contributed by atoms with van der Waals surface area (Å²) in [6, 6.07) is -0.800. The lowest BCUT2D eigenvalue weighted by Gasteiger charge is -2.37. The van der Waals surface area contributed by atoms with Gasteiger partial charge in [0.2, 0.25) is 11.8 Å². The number of hydrogen-bond acceptors (Lipinski definition) is 8. The number of nitrogens with zero attached hydrogens (tertiary/aromatic N) is 3. The average molecular weight is 604 g/mol. The maximum atomic E-state index is 14.6. The van der Waals surface area contributed by atoms with Crippen LogP contribution in [0.25, 0.3) is 0 Å². The van der Waals surface area contributed by atoms with Crippen molar-refractivity contribution in [1.82, 2.24) is 14.7 Å². The lowest BCUT2D eigenvalue weighted by Crippen LogP contribution is -2.57. The number of amides is 2. The van der Waals surface area contributed by atoms with Gasteiger partial charge in [-0.15, -0.1) is 13.2 Å². The first-order chi connectivity index (χ1) is 20.9. The Labute approximate surface area is 257 Å². The molecule has 4 fully saturated rings. The minimum atomic E-state index is -1.06. The van der Waals surface area contributed by atoms with Crippen LogP contribution in [0.1, 0.15) is 71.1 Å². The van der Waals surface area contributed by atoms with Crippen LogP contribution in [0.5, 0.6) is 0 Å². The Kier molecular flexibility index (Phi) is 12.2. The third kappa shape index (κ3) is 7.02. The average Bonchev–Trinajstić information content (AvgIpc) is 3.62. The van der Waals surface area contributed by atoms with E-state index in [0.717, 1.165) is 45.2 Å². The van der Waals surface area contributed by atoms with Crippen molar-refractivity contribution in [2.75, 3.05) is 65.7 Å². The number of ether oxygens (including phenoxy) is 3. The van der Waals surface area contributed by atoms with Crippen LogP contribution in [-0.4, -0.2) is 121 Å². The highest BCUT2D eigenvalue weighted by Gasteiger charge is 2.79. The number of rotatable bonds is 19. The van der Waals surface area contributed by atoms with Crippen molar-refractivity contribution in [2.24, 2.45) is 11.8 Å². The Hall–Kier alpha value is -2.27. The van der Waals surface area contributed by atoms with E-state index in [1.54, 1.807) is 15.9 Å². The lowest BCUT2D eigenvalue weighted by molar-refractivity contribution is -0.162. The second-order valence-corrected chi connectivity index (χ2v) is 12.5. The number of aliphatic hydroxyl groups is 1. The number of hydrogen-bond donors (Lipinski definition) is 1. The summed E-state index contributed by atoms with van der Waals surface area (Å²) in [7, 11) is 0. The number of allylic oxidation sites excluding steroid dienone is 1. The number of unbranched alkanes of at least 4 members (excludes halogenated alkanes) is 5. The van der Waals surface area contributed by atoms with Gasteiger partial charge in [-0.25, -0.2) is 0 Å². The molecule has 2 bridgehead atoms. The molecule has 2 amide bonds. The number of carbonyl (C=O) groups is 3. The van der Waals surface area contributed by atoms with Crippen LogP contribution in [-0.2, 0) is 28.6 Å². The molecule has 4 aliphatic rings. The van der Waals surface area contributed by atoms with Crippen LogP contribution in [0.3, 0.4) is 0 Å². The molecule has 4 aliphatic heterocycles. The standard InChI is InChI=1S/C33H53N3O7/c1-4-7-8-13-23-42-31(40)27-26-29(38)36(17-11-9-10-12-22-37)28(33(26)15-14-32(27,6-3)43-33)30(39)35(16-5-2)19-18-34-20-24-41-25-21-34/h4-5,26-28,37H,1-2,6-25H2,3H3/t26-,27-,28?,32+,33?/m0/s1. The van der Waals surface area contributed by atoms with E-state index in [2.05, 4.69) is 18.1 Å². The molecule has 4 saturated heterocycles. The van der Waals surface area contributed by atoms with E-state index in [1.807, 2.05) is 13.0 Å². The van der Waals surface area contributed by atoms with Gasteiger partial charge in [0.1, 0.15) is 17.6 Å². The molecule has 0 saturated carbocycles. The summed E-state index contributed by atoms with van der Waals surface area (Å²) < 4.78 is 18.2. The number of esters is 1. The molecule has 10 heteroatoms. The van der Waals surface area contributed by atoms with E-state index in [1.165, 1.54) is 0 Å². The third-order valence-electron chi connectivity index (χ3n) is 9.97. The zero-order chi connectivity index (χ0) is 30.9. The van der Waals surface area contributed by atoms with Gasteiger partial charge in [0, 0.05) is 45.9 Å². The molecule has 43 heavy (non-hydrogen) atoms. The molecule has 1 N–H and O–H groups in total. The highest BCUT2D eigenvalue weighted by atomic mass is 16.6. The summed E-state index contributed by atoms with van der Waals surface area (Å²) in [5, 5.41) is 9.20. The Bertz CT molecular complexity index is 986. The predicted octanol–water partition coefficient (Wildman–Crippen LogP) is 2.94. The largest absolute Gasteiger partial charge is 0.465 e. The molecular formula is C33H53N3O7. The van der Waals surface area contributed by atoms with Crippen LogP contribution in [0.15, 0.2) is 25.3 Å². The predicted molar refractivity (Wildman–Crippen MR) is 163 cm³/mol. The molecule has 0 radical (unpaired) electrons. The normalized spacial score (nSPS) is 30.0. The van der Waals surface area contributed by atoms with Gasteiger partial charge in [0.15, 0.2) is 0 Å². The minimum absolute atomic E-state index is 0.135. The molecule has 4 rings (SSSR count). The molecule has 10 nitrogen and oxygen atoms in total. The maximum absolute atomic E-state index is 14.6. The molecule has 242 valence electrons. The molecule has 0 aliphatic carbocycles. The van der Waals surface area contributed by atoms with Crippen molar-refractivity contribution in [1.29, 1.82) is 0 Å². The number of aliphatic hydroxyl groups excluding tert-OH is 1. The Morgan fingerprint density at radius 1 is 1.07 bits per heavy atom. The number of carbonyl (C=O) groups excluding carboxylic acids is 3. The van der Waals surface area contributed by atoms with E-state index >= 15 is 0 Å². The first-order valence-electron chi connectivity index (χ1n) is 16.5. The van der Waals surface area contributed by atoms with Gasteiger partial charge in [-0.3, -0.25) is 19.3 Å². The van der Waals surface area contributed by atoms with Gasteiger partial charge >= 0.3 is 5.97 Å². The van der Waals surface area contributed by atoms with Crippen molar-refractivity contribution in [3.63, 3.8) is 0 Å². The van der Waals surface area contributed by atoms with E-state index in [0.29, 0.717) is 78.1 Å². The minimum Gasteiger partial charge on any atom is -0.465 e. The van der Waals surface area contributed by atoms with E-state index < -0.39 is 29.1 Å². The molecule has 1 spiro atoms. The maximum Gasteiger partial charge on any atom is 0.312 e. The summed E-state index contributed by atoms with van der Waals surface area (Å²) in [5.41, 5.74) is -1.86. The first kappa shape index (κ1) is 33.6. The summed E-state index contributed by atoms with van der Waals surface area (Å²) in [4.78, 5) is 48.4. The quantitative estimate of drug-likeness (QED) is 0.136. The first-order valence-corrected chi connectivity index (χ1v) is 16.5. The second kappa shape index (κ2) is 15.6. The van der Waals surface area contributed by atoms with Gasteiger partial charge in [0.25, 0.3) is 0 Å². The van der Waals surface area contributed by atoms with Gasteiger partial charge in [-0.1, -0.05) is 31.9 Å². The molecule has 0 aromatic heterocycles. The van der Waals surface area contributed by atoms with Crippen molar-refractivity contribution in [2.45, 2.75) is 88.4 Å². The number of fused-ring (bicyclic) bond motifs is 1. The molecule has 5 atom stereocenters. The fourth-order valence-corrected chi connectivity index (χ4v) is 7.70. The zero-order valence-electron chi connectivity index (χ0n) is 26.2. The Balaban J connectivity index is 1.60. The second-order valence-electron chi connectivity index (χ2n) is 12.5. The van der Waals surface area contributed by atoms with Crippen LogP contribution in [0.4, 0.5) is 0 Å². The van der Waals surface area contributed by atoms with Crippen molar-refractivity contribution < 1.29 is 33.7 Å². The monoisotopic (exact) mass is 603 g/mol. The molecular weight excluding hydrogens is 550 g/mol. The Morgan fingerprint density at radius 2 is 1.84 bits per heavy atom. The summed E-state index contributed by atoms with van der Waals surface area (Å²) in [5.74, 6) is -2.15. The summed E-state index contributed by atoms with van der Waals surface area (Å²) >= 11 is 0. The number of likely N-dealkylation sites (tertiary alicyclic amines) is 1. The Morgan fingerprint density at radius 3 is 2.53 bits per heavy atom. The molecule has 0 aromatic carbocycles. The fourth-order valence-electron chi connectivity index (χ4n) is 7.70.